The summed E-state index contributed by atoms with van der Waals surface area (Å²) in [7, 11) is -3.39. The second-order valence-electron chi connectivity index (χ2n) is 7.41. The third-order valence-electron chi connectivity index (χ3n) is 4.91. The molecule has 1 amide bonds. The van der Waals surface area contributed by atoms with Crippen LogP contribution in [0.1, 0.15) is 11.9 Å². The fourth-order valence-corrected chi connectivity index (χ4v) is 4.04. The average molecular weight is 457 g/mol. The Morgan fingerprint density at radius 3 is 2.81 bits per heavy atom. The molecule has 2 aromatic carbocycles. The number of carbonyl (C=O) groups is 1. The lowest BCUT2D eigenvalue weighted by Gasteiger charge is -2.34. The van der Waals surface area contributed by atoms with Crippen LogP contribution in [-0.4, -0.2) is 66.9 Å². The number of nitrogens with zero attached hydrogens (tertiary/aromatic N) is 3. The highest BCUT2D eigenvalue weighted by atomic mass is 32.2. The number of hydrogen-bond donors (Lipinski definition) is 3. The first-order valence-electron chi connectivity index (χ1n) is 10.1. The zero-order chi connectivity index (χ0) is 22.6. The summed E-state index contributed by atoms with van der Waals surface area (Å²) < 4.78 is 31.1. The summed E-state index contributed by atoms with van der Waals surface area (Å²) in [6.45, 7) is 1.65. The lowest BCUT2D eigenvalue weighted by atomic mass is 10.1. The Morgan fingerprint density at radius 1 is 1.22 bits per heavy atom. The van der Waals surface area contributed by atoms with Crippen molar-refractivity contribution in [3.63, 3.8) is 0 Å². The second kappa shape index (κ2) is 9.37. The Morgan fingerprint density at radius 2 is 2.03 bits per heavy atom. The Bertz CT molecular complexity index is 1180. The van der Waals surface area contributed by atoms with Gasteiger partial charge >= 0.3 is 0 Å². The lowest BCUT2D eigenvalue weighted by Crippen LogP contribution is -2.50. The number of benzene rings is 2. The van der Waals surface area contributed by atoms with Crippen molar-refractivity contribution in [2.75, 3.05) is 37.2 Å². The van der Waals surface area contributed by atoms with Crippen LogP contribution >= 0.6 is 0 Å². The van der Waals surface area contributed by atoms with Crippen molar-refractivity contribution in [1.82, 2.24) is 25.4 Å². The Labute approximate surface area is 186 Å². The van der Waals surface area contributed by atoms with Crippen LogP contribution in [0.2, 0.25) is 0 Å². The summed E-state index contributed by atoms with van der Waals surface area (Å²) in [4.78, 5) is 19.2. The summed E-state index contributed by atoms with van der Waals surface area (Å²) in [6.07, 6.45) is 1.09. The number of H-pyrrole nitrogens is 1. The number of aromatic amines is 1. The maximum Gasteiger partial charge on any atom is 0.261 e. The minimum Gasteiger partial charge on any atom is -0.484 e. The standard InChI is InChI=1S/C21H24N6O4S/c1-32(29,30)26-16-7-5-6-15(12-16)20-23-21(25-24-20)18-13-22-10-11-27(18)19(28)14-31-17-8-3-2-4-9-17/h2-9,12,18,22,26H,10-11,13-14H2,1H3,(H,23,24,25). The van der Waals surface area contributed by atoms with E-state index >= 15 is 0 Å². The highest BCUT2D eigenvalue weighted by Gasteiger charge is 2.30. The number of anilines is 1. The Kier molecular flexibility index (Phi) is 6.37. The van der Waals surface area contributed by atoms with E-state index in [1.165, 1.54) is 0 Å². The summed E-state index contributed by atoms with van der Waals surface area (Å²) in [5, 5.41) is 10.5. The van der Waals surface area contributed by atoms with Gasteiger partial charge in [-0.2, -0.15) is 5.10 Å². The SMILES string of the molecule is CS(=O)(=O)Nc1cccc(-c2n[nH]c(C3CNCCN3C(=O)COc3ccccc3)n2)c1. The van der Waals surface area contributed by atoms with Crippen molar-refractivity contribution in [3.05, 3.63) is 60.4 Å². The average Bonchev–Trinajstić information content (AvgIpc) is 3.27. The van der Waals surface area contributed by atoms with E-state index in [0.29, 0.717) is 48.3 Å². The molecule has 0 spiro atoms. The van der Waals surface area contributed by atoms with Gasteiger partial charge < -0.3 is 15.0 Å². The van der Waals surface area contributed by atoms with Crippen LogP contribution in [0.25, 0.3) is 11.4 Å². The molecular formula is C21H24N6O4S. The molecule has 4 rings (SSSR count). The predicted molar refractivity (Wildman–Crippen MR) is 120 cm³/mol. The van der Waals surface area contributed by atoms with E-state index in [1.54, 1.807) is 41.3 Å². The number of para-hydroxylation sites is 1. The van der Waals surface area contributed by atoms with Gasteiger partial charge in [0.1, 0.15) is 17.6 Å². The highest BCUT2D eigenvalue weighted by Crippen LogP contribution is 2.24. The molecule has 0 bridgehead atoms. The molecule has 11 heteroatoms. The van der Waals surface area contributed by atoms with Gasteiger partial charge in [-0.3, -0.25) is 14.6 Å². The maximum atomic E-state index is 12.9. The summed E-state index contributed by atoms with van der Waals surface area (Å²) in [5.74, 6) is 1.45. The van der Waals surface area contributed by atoms with Gasteiger partial charge in [0.05, 0.1) is 6.26 Å². The van der Waals surface area contributed by atoms with E-state index < -0.39 is 10.0 Å². The van der Waals surface area contributed by atoms with Gasteiger partial charge in [0.15, 0.2) is 12.4 Å². The van der Waals surface area contributed by atoms with Gasteiger partial charge in [-0.15, -0.1) is 0 Å². The molecule has 0 aliphatic carbocycles. The van der Waals surface area contributed by atoms with Crippen LogP contribution in [0, 0.1) is 0 Å². The van der Waals surface area contributed by atoms with Gasteiger partial charge in [0, 0.05) is 30.9 Å². The smallest absolute Gasteiger partial charge is 0.261 e. The normalized spacial score (nSPS) is 16.5. The van der Waals surface area contributed by atoms with Crippen molar-refractivity contribution in [1.29, 1.82) is 0 Å². The molecule has 1 fully saturated rings. The van der Waals surface area contributed by atoms with E-state index in [4.69, 9.17) is 4.74 Å². The van der Waals surface area contributed by atoms with Crippen LogP contribution in [-0.2, 0) is 14.8 Å². The first-order valence-corrected chi connectivity index (χ1v) is 12.0. The predicted octanol–water partition coefficient (Wildman–Crippen LogP) is 1.40. The molecule has 0 saturated carbocycles. The van der Waals surface area contributed by atoms with E-state index in [2.05, 4.69) is 25.2 Å². The third-order valence-corrected chi connectivity index (χ3v) is 5.52. The van der Waals surface area contributed by atoms with Crippen molar-refractivity contribution in [2.24, 2.45) is 0 Å². The quantitative estimate of drug-likeness (QED) is 0.490. The summed E-state index contributed by atoms with van der Waals surface area (Å²) in [5.41, 5.74) is 1.07. The number of ether oxygens (including phenoxy) is 1. The van der Waals surface area contributed by atoms with Gasteiger partial charge in [-0.1, -0.05) is 30.3 Å². The molecule has 2 heterocycles. The second-order valence-corrected chi connectivity index (χ2v) is 9.16. The molecule has 3 N–H and O–H groups in total. The molecule has 1 atom stereocenters. The number of carbonyl (C=O) groups excluding carboxylic acids is 1. The Balaban J connectivity index is 1.49. The van der Waals surface area contributed by atoms with Gasteiger partial charge in [-0.25, -0.2) is 13.4 Å². The molecule has 3 aromatic rings. The largest absolute Gasteiger partial charge is 0.484 e. The Hall–Kier alpha value is -3.44. The van der Waals surface area contributed by atoms with E-state index in [-0.39, 0.29) is 18.6 Å². The van der Waals surface area contributed by atoms with Crippen LogP contribution < -0.4 is 14.8 Å². The lowest BCUT2D eigenvalue weighted by molar-refractivity contribution is -0.137. The minimum atomic E-state index is -3.39. The fourth-order valence-electron chi connectivity index (χ4n) is 3.48. The van der Waals surface area contributed by atoms with Crippen LogP contribution in [0.3, 0.4) is 0 Å². The van der Waals surface area contributed by atoms with Crippen molar-refractivity contribution < 1.29 is 17.9 Å². The number of aromatic nitrogens is 3. The first-order chi connectivity index (χ1) is 15.4. The van der Waals surface area contributed by atoms with Gasteiger partial charge in [0.2, 0.25) is 10.0 Å². The van der Waals surface area contributed by atoms with Gasteiger partial charge in [-0.05, 0) is 24.3 Å². The van der Waals surface area contributed by atoms with Crippen molar-refractivity contribution in [2.45, 2.75) is 6.04 Å². The summed E-state index contributed by atoms with van der Waals surface area (Å²) >= 11 is 0. The maximum absolute atomic E-state index is 12.9. The minimum absolute atomic E-state index is 0.0687. The monoisotopic (exact) mass is 456 g/mol. The molecule has 1 aliphatic rings. The molecule has 32 heavy (non-hydrogen) atoms. The molecule has 1 unspecified atom stereocenters. The molecule has 0 radical (unpaired) electrons. The number of piperazine rings is 1. The summed E-state index contributed by atoms with van der Waals surface area (Å²) in [6, 6.07) is 15.7. The number of amides is 1. The highest BCUT2D eigenvalue weighted by molar-refractivity contribution is 7.92. The topological polar surface area (TPSA) is 129 Å². The van der Waals surface area contributed by atoms with Crippen LogP contribution in [0.4, 0.5) is 5.69 Å². The molecule has 10 nitrogen and oxygen atoms in total. The van der Waals surface area contributed by atoms with Crippen molar-refractivity contribution >= 4 is 21.6 Å². The fraction of sp³-hybridized carbons (Fsp3) is 0.286. The van der Waals surface area contributed by atoms with E-state index in [9.17, 15) is 13.2 Å². The zero-order valence-corrected chi connectivity index (χ0v) is 18.3. The number of nitrogens with one attached hydrogen (secondary N) is 3. The molecule has 1 aliphatic heterocycles. The first kappa shape index (κ1) is 21.8. The van der Waals surface area contributed by atoms with Gasteiger partial charge in [0.25, 0.3) is 5.91 Å². The molecular weight excluding hydrogens is 432 g/mol. The molecule has 1 saturated heterocycles. The molecule has 168 valence electrons. The van der Waals surface area contributed by atoms with Crippen molar-refractivity contribution in [3.8, 4) is 17.1 Å². The van der Waals surface area contributed by atoms with E-state index in [1.807, 2.05) is 18.2 Å². The number of rotatable bonds is 7. The molecule has 1 aromatic heterocycles. The van der Waals surface area contributed by atoms with Crippen LogP contribution in [0.15, 0.2) is 54.6 Å². The van der Waals surface area contributed by atoms with E-state index in [0.717, 1.165) is 6.26 Å². The third kappa shape index (κ3) is 5.42. The van der Waals surface area contributed by atoms with Crippen LogP contribution in [0.5, 0.6) is 5.75 Å². The number of hydrogen-bond acceptors (Lipinski definition) is 7. The number of sulfonamides is 1. The zero-order valence-electron chi connectivity index (χ0n) is 17.5.